The number of hydrogen-bond acceptors (Lipinski definition) is 4. The number of rotatable bonds is 3. The van der Waals surface area contributed by atoms with Crippen LogP contribution in [0.3, 0.4) is 0 Å². The summed E-state index contributed by atoms with van der Waals surface area (Å²) in [5, 5.41) is 0. The van der Waals surface area contributed by atoms with Gasteiger partial charge in [-0.1, -0.05) is 0 Å². The Balaban J connectivity index is 2.23. The van der Waals surface area contributed by atoms with Gasteiger partial charge < -0.3 is 15.2 Å². The molecule has 1 aliphatic heterocycles. The fourth-order valence-corrected chi connectivity index (χ4v) is 1.63. The molecular weight excluding hydrogens is 208 g/mol. The number of carbonyl (C=O) groups excluding carboxylic acids is 1. The zero-order valence-corrected chi connectivity index (χ0v) is 9.10. The third-order valence-electron chi connectivity index (χ3n) is 2.47. The number of ether oxygens (including phenoxy) is 2. The molecule has 2 rings (SSSR count). The Labute approximate surface area is 93.7 Å². The van der Waals surface area contributed by atoms with Crippen LogP contribution >= 0.6 is 0 Å². The van der Waals surface area contributed by atoms with Crippen molar-refractivity contribution in [1.82, 2.24) is 0 Å². The van der Waals surface area contributed by atoms with Gasteiger partial charge in [-0.15, -0.1) is 0 Å². The monoisotopic (exact) mass is 222 g/mol. The Bertz CT molecular complexity index is 406. The first-order chi connectivity index (χ1) is 7.76. The highest BCUT2D eigenvalue weighted by Gasteiger charge is 2.25. The van der Waals surface area contributed by atoms with Crippen LogP contribution in [0, 0.1) is 0 Å². The molecule has 1 heterocycles. The van der Waals surface area contributed by atoms with Gasteiger partial charge in [0.15, 0.2) is 6.73 Å². The molecule has 1 aromatic carbocycles. The van der Waals surface area contributed by atoms with Gasteiger partial charge in [-0.2, -0.15) is 0 Å². The van der Waals surface area contributed by atoms with E-state index in [1.54, 1.807) is 24.1 Å². The summed E-state index contributed by atoms with van der Waals surface area (Å²) in [7, 11) is 1.59. The van der Waals surface area contributed by atoms with Crippen molar-refractivity contribution < 1.29 is 14.3 Å². The highest BCUT2D eigenvalue weighted by molar-refractivity contribution is 5.96. The third-order valence-corrected chi connectivity index (χ3v) is 2.47. The summed E-state index contributed by atoms with van der Waals surface area (Å²) in [6.07, 6.45) is 0.328. The molecule has 0 spiro atoms. The van der Waals surface area contributed by atoms with Crippen molar-refractivity contribution in [3.05, 3.63) is 18.2 Å². The van der Waals surface area contributed by atoms with E-state index in [-0.39, 0.29) is 12.6 Å². The number of nitrogens with two attached hydrogens (primary N) is 1. The Morgan fingerprint density at radius 3 is 3.12 bits per heavy atom. The normalized spacial score (nSPS) is 13.2. The summed E-state index contributed by atoms with van der Waals surface area (Å²) in [4.78, 5) is 13.3. The van der Waals surface area contributed by atoms with Crippen LogP contribution in [-0.2, 0) is 4.79 Å². The summed E-state index contributed by atoms with van der Waals surface area (Å²) in [5.41, 5.74) is 6.13. The van der Waals surface area contributed by atoms with Crippen LogP contribution in [-0.4, -0.2) is 26.3 Å². The van der Waals surface area contributed by atoms with E-state index in [2.05, 4.69) is 0 Å². The van der Waals surface area contributed by atoms with Gasteiger partial charge in [0.05, 0.1) is 12.8 Å². The van der Waals surface area contributed by atoms with Gasteiger partial charge in [0.2, 0.25) is 5.91 Å². The lowest BCUT2D eigenvalue weighted by atomic mass is 10.2. The number of hydrogen-bond donors (Lipinski definition) is 1. The zero-order valence-electron chi connectivity index (χ0n) is 9.10. The molecule has 0 saturated heterocycles. The number of carbonyl (C=O) groups is 1. The van der Waals surface area contributed by atoms with Crippen LogP contribution in [0.25, 0.3) is 0 Å². The van der Waals surface area contributed by atoms with Crippen LogP contribution in [0.1, 0.15) is 6.42 Å². The molecule has 0 aliphatic carbocycles. The molecule has 0 aromatic heterocycles. The second-order valence-electron chi connectivity index (χ2n) is 3.47. The van der Waals surface area contributed by atoms with E-state index in [4.69, 9.17) is 15.2 Å². The summed E-state index contributed by atoms with van der Waals surface area (Å²) < 4.78 is 10.5. The predicted octanol–water partition coefficient (Wildman–Crippen LogP) is 0.727. The number of fused-ring (bicyclic) bond motifs is 1. The molecular formula is C11H14N2O3. The maximum atomic E-state index is 11.7. The molecule has 1 aliphatic rings. The summed E-state index contributed by atoms with van der Waals surface area (Å²) in [6, 6.07) is 5.39. The summed E-state index contributed by atoms with van der Waals surface area (Å²) >= 11 is 0. The topological polar surface area (TPSA) is 64.8 Å². The van der Waals surface area contributed by atoms with Crippen molar-refractivity contribution in [2.24, 2.45) is 5.73 Å². The second kappa shape index (κ2) is 4.40. The Kier molecular flexibility index (Phi) is 2.96. The molecule has 0 saturated carbocycles. The van der Waals surface area contributed by atoms with Gasteiger partial charge >= 0.3 is 0 Å². The van der Waals surface area contributed by atoms with E-state index < -0.39 is 0 Å². The molecule has 5 nitrogen and oxygen atoms in total. The largest absolute Gasteiger partial charge is 0.497 e. The molecule has 0 atom stereocenters. The number of nitrogens with zero attached hydrogens (tertiary/aromatic N) is 1. The Morgan fingerprint density at radius 1 is 1.62 bits per heavy atom. The summed E-state index contributed by atoms with van der Waals surface area (Å²) in [5.74, 6) is 1.36. The fraction of sp³-hybridized carbons (Fsp3) is 0.364. The van der Waals surface area contributed by atoms with Crippen molar-refractivity contribution in [2.45, 2.75) is 6.42 Å². The van der Waals surface area contributed by atoms with Crippen molar-refractivity contribution in [1.29, 1.82) is 0 Å². The van der Waals surface area contributed by atoms with E-state index in [1.165, 1.54) is 0 Å². The van der Waals surface area contributed by atoms with Crippen molar-refractivity contribution >= 4 is 11.6 Å². The number of amides is 1. The van der Waals surface area contributed by atoms with Crippen molar-refractivity contribution in [3.8, 4) is 11.5 Å². The molecule has 1 amide bonds. The maximum absolute atomic E-state index is 11.7. The summed E-state index contributed by atoms with van der Waals surface area (Å²) in [6.45, 7) is 0.599. The minimum atomic E-state index is -0.0218. The van der Waals surface area contributed by atoms with Gasteiger partial charge in [-0.25, -0.2) is 0 Å². The van der Waals surface area contributed by atoms with Crippen LogP contribution in [0.2, 0.25) is 0 Å². The molecule has 86 valence electrons. The molecule has 5 heteroatoms. The van der Waals surface area contributed by atoms with Crippen LogP contribution in [0.15, 0.2) is 18.2 Å². The lowest BCUT2D eigenvalue weighted by molar-refractivity contribution is -0.118. The molecule has 16 heavy (non-hydrogen) atoms. The highest BCUT2D eigenvalue weighted by Crippen LogP contribution is 2.36. The molecule has 2 N–H and O–H groups in total. The average Bonchev–Trinajstić information content (AvgIpc) is 2.71. The smallest absolute Gasteiger partial charge is 0.231 e. The third kappa shape index (κ3) is 1.81. The lowest BCUT2D eigenvalue weighted by Gasteiger charge is -2.13. The quantitative estimate of drug-likeness (QED) is 0.818. The number of anilines is 1. The fourth-order valence-electron chi connectivity index (χ4n) is 1.63. The van der Waals surface area contributed by atoms with Gasteiger partial charge in [-0.05, 0) is 12.1 Å². The number of methoxy groups -OCH3 is 1. The van der Waals surface area contributed by atoms with E-state index in [9.17, 15) is 4.79 Å². The predicted molar refractivity (Wildman–Crippen MR) is 59.6 cm³/mol. The van der Waals surface area contributed by atoms with Crippen LogP contribution in [0.5, 0.6) is 11.5 Å². The Hall–Kier alpha value is -1.75. The molecule has 0 unspecified atom stereocenters. The van der Waals surface area contributed by atoms with E-state index in [1.807, 2.05) is 6.07 Å². The SMILES string of the molecule is COc1ccc2c(c1)OCN2C(=O)CCN. The minimum Gasteiger partial charge on any atom is -0.497 e. The van der Waals surface area contributed by atoms with E-state index in [0.717, 1.165) is 5.69 Å². The molecule has 0 radical (unpaired) electrons. The van der Waals surface area contributed by atoms with Gasteiger partial charge in [0.1, 0.15) is 11.5 Å². The highest BCUT2D eigenvalue weighted by atomic mass is 16.5. The first-order valence-electron chi connectivity index (χ1n) is 5.07. The van der Waals surface area contributed by atoms with Crippen LogP contribution < -0.4 is 20.1 Å². The van der Waals surface area contributed by atoms with Crippen LogP contribution in [0.4, 0.5) is 5.69 Å². The molecule has 0 bridgehead atoms. The lowest BCUT2D eigenvalue weighted by Crippen LogP contribution is -2.31. The van der Waals surface area contributed by atoms with Crippen molar-refractivity contribution in [2.75, 3.05) is 25.3 Å². The standard InChI is InChI=1S/C11H14N2O3/c1-15-8-2-3-9-10(6-8)16-7-13(9)11(14)4-5-12/h2-3,6H,4-5,7,12H2,1H3. The first-order valence-corrected chi connectivity index (χ1v) is 5.07. The molecule has 1 aromatic rings. The first kappa shape index (κ1) is 10.8. The van der Waals surface area contributed by atoms with Gasteiger partial charge in [-0.3, -0.25) is 9.69 Å². The Morgan fingerprint density at radius 2 is 2.44 bits per heavy atom. The second-order valence-corrected chi connectivity index (χ2v) is 3.47. The van der Waals surface area contributed by atoms with E-state index >= 15 is 0 Å². The number of benzene rings is 1. The zero-order chi connectivity index (χ0) is 11.5. The van der Waals surface area contributed by atoms with Gasteiger partial charge in [0.25, 0.3) is 0 Å². The minimum absolute atomic E-state index is 0.0218. The van der Waals surface area contributed by atoms with E-state index in [0.29, 0.717) is 24.5 Å². The average molecular weight is 222 g/mol. The maximum Gasteiger partial charge on any atom is 0.231 e. The van der Waals surface area contributed by atoms with Gasteiger partial charge in [0, 0.05) is 19.0 Å². The van der Waals surface area contributed by atoms with Crippen molar-refractivity contribution in [3.63, 3.8) is 0 Å². The molecule has 0 fully saturated rings.